The maximum atomic E-state index is 15.4. The van der Waals surface area contributed by atoms with Crippen LogP contribution < -0.4 is 15.4 Å². The lowest BCUT2D eigenvalue weighted by molar-refractivity contribution is -0.123. The zero-order valence-corrected chi connectivity index (χ0v) is 32.8. The SMILES string of the molecule is Cn1nc(NS(C)(=O)=O)c2cccc(-c3cc4sc(NCC(C)(C)O)nc4nc3[C@H](Cc3cc(F)cc(F)c3)NC(=O)Cn3nc(C(F)F)c4c3C(F)(F)C3C[C@H]43)c21. The van der Waals surface area contributed by atoms with Gasteiger partial charge in [0.05, 0.1) is 33.8 Å². The van der Waals surface area contributed by atoms with E-state index in [-0.39, 0.29) is 47.7 Å². The van der Waals surface area contributed by atoms with Gasteiger partial charge in [-0.2, -0.15) is 19.0 Å². The van der Waals surface area contributed by atoms with Gasteiger partial charge in [-0.1, -0.05) is 23.5 Å². The summed E-state index contributed by atoms with van der Waals surface area (Å²) >= 11 is 1.19. The minimum absolute atomic E-state index is 0.0257. The van der Waals surface area contributed by atoms with Crippen LogP contribution in [0.2, 0.25) is 0 Å². The van der Waals surface area contributed by atoms with Gasteiger partial charge in [0.15, 0.2) is 16.6 Å². The van der Waals surface area contributed by atoms with Gasteiger partial charge in [-0.25, -0.2) is 35.9 Å². The van der Waals surface area contributed by atoms with E-state index in [1.54, 1.807) is 45.2 Å². The highest BCUT2D eigenvalue weighted by atomic mass is 32.2. The molecule has 8 rings (SSSR count). The molecule has 0 radical (unpaired) electrons. The fourth-order valence-corrected chi connectivity index (χ4v) is 9.01. The van der Waals surface area contributed by atoms with Crippen LogP contribution in [-0.4, -0.2) is 67.4 Å². The minimum atomic E-state index is -3.77. The standard InChI is InChI=1S/C37H35F6N9O4S2/c1-36(2,54)15-44-35-47-34-25(57-35)13-21(19-6-5-7-20-30(19)51(3)49-33(20)50-58(4,55)56)28(46-34)24(10-16-8-17(38)11-18(39)9-16)45-26(53)14-52-31-27(29(48-52)32(40)41)22-12-23(22)37(31,42)43/h5-9,11,13,22-24,32,54H,10,12,14-15H2,1-4H3,(H,45,53)(H,49,50)(H,44,46,47)/t22-,23?,24-/m0/s1. The number of nitrogens with one attached hydrogen (secondary N) is 3. The Morgan fingerprint density at radius 1 is 1.07 bits per heavy atom. The van der Waals surface area contributed by atoms with Crippen molar-refractivity contribution in [3.05, 3.63) is 82.3 Å². The van der Waals surface area contributed by atoms with Crippen LogP contribution in [0.25, 0.3) is 32.4 Å². The topological polar surface area (TPSA) is 169 Å². The summed E-state index contributed by atoms with van der Waals surface area (Å²) in [6, 6.07) is 8.19. The van der Waals surface area contributed by atoms with Crippen molar-refractivity contribution in [1.82, 2.24) is 34.8 Å². The number of aryl methyl sites for hydroxylation is 1. The number of pyridine rings is 1. The van der Waals surface area contributed by atoms with Crippen LogP contribution in [0.15, 0.2) is 42.5 Å². The average Bonchev–Trinajstić information content (AvgIpc) is 3.39. The maximum Gasteiger partial charge on any atom is 0.293 e. The highest BCUT2D eigenvalue weighted by Gasteiger charge is 2.67. The summed E-state index contributed by atoms with van der Waals surface area (Å²) in [7, 11) is -2.18. The smallest absolute Gasteiger partial charge is 0.293 e. The molecule has 0 aliphatic heterocycles. The third-order valence-electron chi connectivity index (χ3n) is 10.0. The maximum absolute atomic E-state index is 15.4. The first-order chi connectivity index (χ1) is 27.2. The number of aliphatic hydroxyl groups is 1. The van der Waals surface area contributed by atoms with Crippen molar-refractivity contribution in [3.63, 3.8) is 0 Å². The van der Waals surface area contributed by atoms with Crippen molar-refractivity contribution in [1.29, 1.82) is 0 Å². The van der Waals surface area contributed by atoms with Gasteiger partial charge in [0.1, 0.15) is 29.6 Å². The Balaban J connectivity index is 1.28. The molecule has 2 aliphatic rings. The van der Waals surface area contributed by atoms with Crippen molar-refractivity contribution in [2.24, 2.45) is 13.0 Å². The number of hydrogen-bond donors (Lipinski definition) is 4. The van der Waals surface area contributed by atoms with Crippen LogP contribution in [0.4, 0.5) is 37.3 Å². The third-order valence-corrected chi connectivity index (χ3v) is 11.5. The van der Waals surface area contributed by atoms with Gasteiger partial charge < -0.3 is 15.7 Å². The number of carbonyl (C=O) groups is 1. The van der Waals surface area contributed by atoms with Gasteiger partial charge in [0.2, 0.25) is 15.9 Å². The van der Waals surface area contributed by atoms with Crippen LogP contribution in [0.1, 0.15) is 66.9 Å². The molecule has 4 heterocycles. The summed E-state index contributed by atoms with van der Waals surface area (Å²) in [5.41, 5.74) is -1.34. The number of sulfonamides is 1. The summed E-state index contributed by atoms with van der Waals surface area (Å²) in [4.78, 5) is 23.4. The largest absolute Gasteiger partial charge is 0.389 e. The molecule has 4 N–H and O–H groups in total. The number of nitrogens with zero attached hydrogens (tertiary/aromatic N) is 6. The number of thiazole rings is 1. The lowest BCUT2D eigenvalue weighted by atomic mass is 9.94. The van der Waals surface area contributed by atoms with Crippen LogP contribution >= 0.6 is 11.3 Å². The molecular weight excluding hydrogens is 813 g/mol. The predicted molar refractivity (Wildman–Crippen MR) is 203 cm³/mol. The highest BCUT2D eigenvalue weighted by molar-refractivity contribution is 7.92. The fourth-order valence-electron chi connectivity index (χ4n) is 7.67. The molecule has 0 spiro atoms. The normalized spacial score (nSPS) is 17.8. The quantitative estimate of drug-likeness (QED) is 0.0946. The first kappa shape index (κ1) is 39.5. The second-order valence-corrected chi connectivity index (χ2v) is 18.0. The number of benzene rings is 2. The molecule has 6 aromatic rings. The Morgan fingerprint density at radius 2 is 1.79 bits per heavy atom. The number of para-hydroxylation sites is 1. The second kappa shape index (κ2) is 13.9. The zero-order chi connectivity index (χ0) is 41.6. The van der Waals surface area contributed by atoms with E-state index >= 15 is 8.78 Å². The fraction of sp³-hybridized carbons (Fsp3) is 0.378. The number of aromatic nitrogens is 6. The van der Waals surface area contributed by atoms with E-state index in [2.05, 4.69) is 30.5 Å². The number of anilines is 2. The van der Waals surface area contributed by atoms with Gasteiger partial charge >= 0.3 is 0 Å². The van der Waals surface area contributed by atoms with Crippen molar-refractivity contribution in [2.45, 2.75) is 63.1 Å². The molecule has 1 fully saturated rings. The lowest BCUT2D eigenvalue weighted by Crippen LogP contribution is -2.35. The van der Waals surface area contributed by atoms with Gasteiger partial charge in [-0.15, -0.1) is 0 Å². The number of halogens is 6. The average molecular weight is 848 g/mol. The molecule has 1 amide bonds. The monoisotopic (exact) mass is 847 g/mol. The molecule has 21 heteroatoms. The molecule has 4 aromatic heterocycles. The summed E-state index contributed by atoms with van der Waals surface area (Å²) in [5.74, 6) is -8.19. The Labute approximate surface area is 330 Å². The number of fused-ring (bicyclic) bond motifs is 5. The Morgan fingerprint density at radius 3 is 2.47 bits per heavy atom. The number of alkyl halides is 4. The molecule has 0 bridgehead atoms. The Kier molecular flexibility index (Phi) is 9.50. The molecule has 1 unspecified atom stereocenters. The molecular formula is C37H35F6N9O4S2. The lowest BCUT2D eigenvalue weighted by Gasteiger charge is -2.23. The van der Waals surface area contributed by atoms with Crippen molar-refractivity contribution >= 4 is 59.5 Å². The summed E-state index contributed by atoms with van der Waals surface area (Å²) in [6.07, 6.45) is -2.46. The molecule has 0 saturated heterocycles. The minimum Gasteiger partial charge on any atom is -0.389 e. The number of carbonyl (C=O) groups excluding carboxylic acids is 1. The van der Waals surface area contributed by atoms with Gasteiger partial charge in [-0.3, -0.25) is 18.9 Å². The number of hydrogen-bond acceptors (Lipinski definition) is 10. The predicted octanol–water partition coefficient (Wildman–Crippen LogP) is 6.52. The summed E-state index contributed by atoms with van der Waals surface area (Å²) in [5, 5.41) is 25.0. The van der Waals surface area contributed by atoms with E-state index in [0.717, 1.165) is 18.4 Å². The van der Waals surface area contributed by atoms with Crippen LogP contribution in [0, 0.1) is 17.6 Å². The number of amides is 1. The summed E-state index contributed by atoms with van der Waals surface area (Å²) in [6.45, 7) is 2.42. The van der Waals surface area contributed by atoms with E-state index in [0.29, 0.717) is 42.6 Å². The molecule has 1 saturated carbocycles. The van der Waals surface area contributed by atoms with Crippen LogP contribution in [-0.2, 0) is 40.8 Å². The van der Waals surface area contributed by atoms with E-state index in [1.807, 2.05) is 0 Å². The van der Waals surface area contributed by atoms with Crippen molar-refractivity contribution in [3.8, 4) is 11.1 Å². The second-order valence-electron chi connectivity index (χ2n) is 15.3. The first-order valence-corrected chi connectivity index (χ1v) is 20.6. The molecule has 306 valence electrons. The van der Waals surface area contributed by atoms with E-state index in [9.17, 15) is 35.9 Å². The van der Waals surface area contributed by atoms with Gasteiger partial charge in [-0.05, 0) is 62.4 Å². The van der Waals surface area contributed by atoms with Crippen LogP contribution in [0.3, 0.4) is 0 Å². The first-order valence-electron chi connectivity index (χ1n) is 17.9. The third kappa shape index (κ3) is 7.45. The Hall–Kier alpha value is -5.28. The van der Waals surface area contributed by atoms with E-state index in [1.165, 1.54) is 16.0 Å². The van der Waals surface area contributed by atoms with Crippen molar-refractivity contribution in [2.75, 3.05) is 22.8 Å². The molecule has 2 aliphatic carbocycles. The molecule has 58 heavy (non-hydrogen) atoms. The van der Waals surface area contributed by atoms with Crippen molar-refractivity contribution < 1.29 is 44.7 Å². The zero-order valence-electron chi connectivity index (χ0n) is 31.1. The highest BCUT2D eigenvalue weighted by Crippen LogP contribution is 2.68. The number of rotatable bonds is 13. The van der Waals surface area contributed by atoms with E-state index < -0.39 is 81.3 Å². The molecule has 2 aromatic carbocycles. The molecule has 13 nitrogen and oxygen atoms in total. The summed E-state index contributed by atoms with van der Waals surface area (Å²) < 4.78 is 118. The van der Waals surface area contributed by atoms with Gasteiger partial charge in [0.25, 0.3) is 12.3 Å². The van der Waals surface area contributed by atoms with Gasteiger partial charge in [0, 0.05) is 47.7 Å². The van der Waals surface area contributed by atoms with E-state index in [4.69, 9.17) is 4.98 Å². The Bertz CT molecular complexity index is 2730. The molecule has 3 atom stereocenters. The van der Waals surface area contributed by atoms with Crippen LogP contribution in [0.5, 0.6) is 0 Å².